The lowest BCUT2D eigenvalue weighted by Crippen LogP contribution is -2.30. The fraction of sp³-hybridized carbons (Fsp3) is 0.667. The molecular weight excluding hydrogens is 240 g/mol. The largest absolute Gasteiger partial charge is 0.467 e. The Kier molecular flexibility index (Phi) is 4.17. The van der Waals surface area contributed by atoms with Crippen LogP contribution in [-0.2, 0) is 0 Å². The minimum atomic E-state index is -0.188. The first kappa shape index (κ1) is 14.0. The van der Waals surface area contributed by atoms with Crippen LogP contribution in [0, 0.1) is 11.3 Å². The molecule has 1 aliphatic rings. The molecule has 4 heteroatoms. The Labute approximate surface area is 114 Å². The quantitative estimate of drug-likeness (QED) is 0.764. The van der Waals surface area contributed by atoms with E-state index in [9.17, 15) is 4.79 Å². The lowest BCUT2D eigenvalue weighted by Gasteiger charge is -2.29. The van der Waals surface area contributed by atoms with Crippen molar-refractivity contribution in [3.05, 3.63) is 18.0 Å². The van der Waals surface area contributed by atoms with Crippen LogP contribution in [0.2, 0.25) is 0 Å². The van der Waals surface area contributed by atoms with Crippen LogP contribution in [0.5, 0.6) is 6.01 Å². The van der Waals surface area contributed by atoms with Gasteiger partial charge in [0.15, 0.2) is 5.78 Å². The highest BCUT2D eigenvalue weighted by molar-refractivity contribution is 6.00. The number of ether oxygens (including phenoxy) is 1. The van der Waals surface area contributed by atoms with Gasteiger partial charge in [-0.1, -0.05) is 26.7 Å². The predicted octanol–water partition coefficient (Wildman–Crippen LogP) is 3.27. The minimum absolute atomic E-state index is 0.188. The summed E-state index contributed by atoms with van der Waals surface area (Å²) in [5.74, 6) is 0.738. The van der Waals surface area contributed by atoms with Crippen molar-refractivity contribution in [2.24, 2.45) is 11.3 Å². The van der Waals surface area contributed by atoms with Crippen LogP contribution >= 0.6 is 0 Å². The van der Waals surface area contributed by atoms with Crippen LogP contribution in [0.1, 0.15) is 56.3 Å². The summed E-state index contributed by atoms with van der Waals surface area (Å²) in [6, 6.07) is 0.306. The molecule has 1 saturated carbocycles. The van der Waals surface area contributed by atoms with E-state index < -0.39 is 0 Å². The molecule has 1 aliphatic carbocycles. The van der Waals surface area contributed by atoms with E-state index in [0.717, 1.165) is 32.1 Å². The van der Waals surface area contributed by atoms with Gasteiger partial charge in [0.2, 0.25) is 0 Å². The summed E-state index contributed by atoms with van der Waals surface area (Å²) in [6.45, 7) is 4.36. The molecule has 0 aliphatic heterocycles. The molecule has 1 fully saturated rings. The molecule has 19 heavy (non-hydrogen) atoms. The molecule has 0 N–H and O–H groups in total. The lowest BCUT2D eigenvalue weighted by atomic mass is 9.73. The maximum absolute atomic E-state index is 12.8. The maximum Gasteiger partial charge on any atom is 0.316 e. The minimum Gasteiger partial charge on any atom is -0.467 e. The number of Topliss-reactive ketones (excluding diaryl/α,β-unsaturated/α-hetero) is 1. The third kappa shape index (κ3) is 2.94. The molecule has 0 bridgehead atoms. The van der Waals surface area contributed by atoms with Crippen LogP contribution in [0.4, 0.5) is 0 Å². The van der Waals surface area contributed by atoms with Crippen molar-refractivity contribution >= 4 is 5.78 Å². The van der Waals surface area contributed by atoms with Gasteiger partial charge in [0.25, 0.3) is 0 Å². The van der Waals surface area contributed by atoms with Gasteiger partial charge in [0.1, 0.15) is 0 Å². The molecule has 2 rings (SSSR count). The molecule has 0 atom stereocenters. The zero-order valence-corrected chi connectivity index (χ0v) is 12.0. The number of carbonyl (C=O) groups is 1. The van der Waals surface area contributed by atoms with Crippen LogP contribution in [0.15, 0.2) is 12.4 Å². The number of aromatic nitrogens is 2. The number of hydrogen-bond acceptors (Lipinski definition) is 4. The van der Waals surface area contributed by atoms with E-state index >= 15 is 0 Å². The first-order valence-electron chi connectivity index (χ1n) is 6.98. The van der Waals surface area contributed by atoms with E-state index in [2.05, 4.69) is 23.8 Å². The van der Waals surface area contributed by atoms with Crippen molar-refractivity contribution in [1.82, 2.24) is 9.97 Å². The van der Waals surface area contributed by atoms with Crippen molar-refractivity contribution in [2.75, 3.05) is 7.11 Å². The molecule has 1 heterocycles. The number of methoxy groups -OCH3 is 1. The van der Waals surface area contributed by atoms with Crippen LogP contribution in [0.25, 0.3) is 0 Å². The van der Waals surface area contributed by atoms with Crippen molar-refractivity contribution in [3.8, 4) is 6.01 Å². The summed E-state index contributed by atoms with van der Waals surface area (Å²) in [6.07, 6.45) is 8.43. The zero-order chi connectivity index (χ0) is 13.9. The number of rotatable bonds is 5. The van der Waals surface area contributed by atoms with Gasteiger partial charge < -0.3 is 4.74 Å². The third-order valence-corrected chi connectivity index (χ3v) is 3.91. The Morgan fingerprint density at radius 3 is 2.37 bits per heavy atom. The van der Waals surface area contributed by atoms with Gasteiger partial charge >= 0.3 is 6.01 Å². The number of hydrogen-bond donors (Lipinski definition) is 0. The lowest BCUT2D eigenvalue weighted by molar-refractivity contribution is 0.0759. The Morgan fingerprint density at radius 2 is 1.89 bits per heavy atom. The number of carbonyl (C=O) groups excluding carboxylic acids is 1. The van der Waals surface area contributed by atoms with Crippen LogP contribution in [0.3, 0.4) is 0 Å². The highest BCUT2D eigenvalue weighted by atomic mass is 16.5. The molecule has 0 aromatic carbocycles. The molecule has 0 saturated heterocycles. The van der Waals surface area contributed by atoms with E-state index in [1.54, 1.807) is 12.4 Å². The van der Waals surface area contributed by atoms with E-state index in [0.29, 0.717) is 17.5 Å². The highest BCUT2D eigenvalue weighted by Gasteiger charge is 2.41. The van der Waals surface area contributed by atoms with Crippen LogP contribution < -0.4 is 4.74 Å². The normalized spacial score (nSPS) is 17.7. The average Bonchev–Trinajstić information content (AvgIpc) is 2.87. The van der Waals surface area contributed by atoms with E-state index in [-0.39, 0.29) is 11.2 Å². The Bertz CT molecular complexity index is 434. The molecule has 0 radical (unpaired) electrons. The summed E-state index contributed by atoms with van der Waals surface area (Å²) < 4.78 is 4.93. The first-order chi connectivity index (χ1) is 9.07. The summed E-state index contributed by atoms with van der Waals surface area (Å²) in [4.78, 5) is 20.9. The van der Waals surface area contributed by atoms with Gasteiger partial charge in [-0.2, -0.15) is 0 Å². The SMILES string of the molecule is COc1ncc(C(=O)C2(CC(C)C)CCCC2)cn1. The molecule has 4 nitrogen and oxygen atoms in total. The molecule has 0 unspecified atom stereocenters. The molecule has 104 valence electrons. The molecular formula is C15H22N2O2. The van der Waals surface area contributed by atoms with Gasteiger partial charge in [-0.3, -0.25) is 4.79 Å². The molecule has 0 amide bonds. The van der Waals surface area contributed by atoms with Crippen molar-refractivity contribution < 1.29 is 9.53 Å². The summed E-state index contributed by atoms with van der Waals surface area (Å²) in [5, 5.41) is 0. The Morgan fingerprint density at radius 1 is 1.32 bits per heavy atom. The summed E-state index contributed by atoms with van der Waals surface area (Å²) >= 11 is 0. The van der Waals surface area contributed by atoms with Gasteiger partial charge in [-0.05, 0) is 25.2 Å². The summed E-state index contributed by atoms with van der Waals surface area (Å²) in [7, 11) is 1.52. The number of nitrogens with zero attached hydrogens (tertiary/aromatic N) is 2. The standard InChI is InChI=1S/C15H22N2O2/c1-11(2)8-15(6-4-5-7-15)13(18)12-9-16-14(19-3)17-10-12/h9-11H,4-8H2,1-3H3. The number of ketones is 1. The Hall–Kier alpha value is -1.45. The fourth-order valence-corrected chi connectivity index (χ4v) is 3.20. The van der Waals surface area contributed by atoms with Gasteiger partial charge in [0, 0.05) is 17.8 Å². The van der Waals surface area contributed by atoms with Gasteiger partial charge in [-0.25, -0.2) is 9.97 Å². The smallest absolute Gasteiger partial charge is 0.316 e. The van der Waals surface area contributed by atoms with Crippen molar-refractivity contribution in [1.29, 1.82) is 0 Å². The molecule has 1 aromatic heterocycles. The fourth-order valence-electron chi connectivity index (χ4n) is 3.20. The zero-order valence-electron chi connectivity index (χ0n) is 12.0. The second kappa shape index (κ2) is 5.68. The maximum atomic E-state index is 12.8. The first-order valence-corrected chi connectivity index (χ1v) is 6.98. The monoisotopic (exact) mass is 262 g/mol. The average molecular weight is 262 g/mol. The van der Waals surface area contributed by atoms with Crippen molar-refractivity contribution in [2.45, 2.75) is 46.0 Å². The van der Waals surface area contributed by atoms with Crippen molar-refractivity contribution in [3.63, 3.8) is 0 Å². The second-order valence-corrected chi connectivity index (χ2v) is 5.87. The predicted molar refractivity (Wildman–Crippen MR) is 73.3 cm³/mol. The highest BCUT2D eigenvalue weighted by Crippen LogP contribution is 2.45. The van der Waals surface area contributed by atoms with Crippen LogP contribution in [-0.4, -0.2) is 22.9 Å². The molecule has 1 aromatic rings. The topological polar surface area (TPSA) is 52.1 Å². The van der Waals surface area contributed by atoms with E-state index in [1.165, 1.54) is 7.11 Å². The second-order valence-electron chi connectivity index (χ2n) is 5.87. The van der Waals surface area contributed by atoms with E-state index in [4.69, 9.17) is 4.74 Å². The van der Waals surface area contributed by atoms with Gasteiger partial charge in [0.05, 0.1) is 12.7 Å². The Balaban J connectivity index is 2.23. The third-order valence-electron chi connectivity index (χ3n) is 3.91. The van der Waals surface area contributed by atoms with Gasteiger partial charge in [-0.15, -0.1) is 0 Å². The van der Waals surface area contributed by atoms with E-state index in [1.807, 2.05) is 0 Å². The molecule has 0 spiro atoms. The summed E-state index contributed by atoms with van der Waals surface area (Å²) in [5.41, 5.74) is 0.426.